The number of hydrogen-bond donors (Lipinski definition) is 1. The monoisotopic (exact) mass is 267 g/mol. The third-order valence-electron chi connectivity index (χ3n) is 3.14. The molecule has 3 aromatic rings. The van der Waals surface area contributed by atoms with E-state index in [1.807, 2.05) is 37.3 Å². The molecule has 0 aliphatic heterocycles. The minimum Gasteiger partial charge on any atom is -0.478 e. The fourth-order valence-corrected chi connectivity index (χ4v) is 2.26. The standard InChI is InChI=1S/C15H13N3O2/c1-10-6-11(13-4-2-3-5-14(13)17-10)8-18-9-12(7-16-18)15(19)20/h2-7,9H,8H2,1H3,(H,19,20). The lowest BCUT2D eigenvalue weighted by Crippen LogP contribution is -2.02. The first kappa shape index (κ1) is 12.3. The normalized spacial score (nSPS) is 10.8. The second-order valence-electron chi connectivity index (χ2n) is 4.67. The Kier molecular flexibility index (Phi) is 2.95. The quantitative estimate of drug-likeness (QED) is 0.791. The molecule has 0 saturated heterocycles. The van der Waals surface area contributed by atoms with Crippen molar-refractivity contribution in [3.8, 4) is 0 Å². The minimum atomic E-state index is -0.966. The number of para-hydroxylation sites is 1. The summed E-state index contributed by atoms with van der Waals surface area (Å²) in [7, 11) is 0. The fraction of sp³-hybridized carbons (Fsp3) is 0.133. The molecule has 0 aliphatic rings. The van der Waals surface area contributed by atoms with E-state index in [0.717, 1.165) is 22.2 Å². The Hall–Kier alpha value is -2.69. The lowest BCUT2D eigenvalue weighted by atomic mass is 10.1. The Morgan fingerprint density at radius 2 is 2.15 bits per heavy atom. The van der Waals surface area contributed by atoms with Crippen molar-refractivity contribution in [1.29, 1.82) is 0 Å². The molecule has 2 heterocycles. The van der Waals surface area contributed by atoms with Crippen molar-refractivity contribution < 1.29 is 9.90 Å². The van der Waals surface area contributed by atoms with Crippen LogP contribution in [-0.4, -0.2) is 25.8 Å². The molecule has 5 heteroatoms. The van der Waals surface area contributed by atoms with E-state index < -0.39 is 5.97 Å². The lowest BCUT2D eigenvalue weighted by molar-refractivity contribution is 0.0697. The number of fused-ring (bicyclic) bond motifs is 1. The molecule has 0 spiro atoms. The Morgan fingerprint density at radius 3 is 2.90 bits per heavy atom. The highest BCUT2D eigenvalue weighted by atomic mass is 16.4. The lowest BCUT2D eigenvalue weighted by Gasteiger charge is -2.08. The predicted molar refractivity (Wildman–Crippen MR) is 74.8 cm³/mol. The van der Waals surface area contributed by atoms with E-state index in [0.29, 0.717) is 6.54 Å². The number of aryl methyl sites for hydroxylation is 1. The summed E-state index contributed by atoms with van der Waals surface area (Å²) in [6.45, 7) is 2.47. The van der Waals surface area contributed by atoms with Gasteiger partial charge in [0.05, 0.1) is 23.8 Å². The topological polar surface area (TPSA) is 68.0 Å². The molecule has 5 nitrogen and oxygen atoms in total. The van der Waals surface area contributed by atoms with Gasteiger partial charge in [-0.25, -0.2) is 4.79 Å². The number of benzene rings is 1. The van der Waals surface area contributed by atoms with Gasteiger partial charge in [0, 0.05) is 17.3 Å². The van der Waals surface area contributed by atoms with Crippen LogP contribution in [0.25, 0.3) is 10.9 Å². The third kappa shape index (κ3) is 2.25. The Balaban J connectivity index is 2.03. The molecule has 0 amide bonds. The highest BCUT2D eigenvalue weighted by Gasteiger charge is 2.08. The number of rotatable bonds is 3. The number of aromatic nitrogens is 3. The summed E-state index contributed by atoms with van der Waals surface area (Å²) in [5.41, 5.74) is 3.14. The van der Waals surface area contributed by atoms with E-state index in [-0.39, 0.29) is 5.56 Å². The molecule has 1 N–H and O–H groups in total. The summed E-state index contributed by atoms with van der Waals surface area (Å²) < 4.78 is 1.63. The van der Waals surface area contributed by atoms with Gasteiger partial charge in [0.1, 0.15) is 0 Å². The first-order chi connectivity index (χ1) is 9.63. The maximum Gasteiger partial charge on any atom is 0.338 e. The van der Waals surface area contributed by atoms with Crippen LogP contribution in [0.3, 0.4) is 0 Å². The Morgan fingerprint density at radius 1 is 1.35 bits per heavy atom. The van der Waals surface area contributed by atoms with E-state index in [1.54, 1.807) is 4.68 Å². The molecule has 2 aromatic heterocycles. The van der Waals surface area contributed by atoms with Crippen LogP contribution >= 0.6 is 0 Å². The summed E-state index contributed by atoms with van der Waals surface area (Å²) in [4.78, 5) is 15.4. The van der Waals surface area contributed by atoms with Crippen LogP contribution in [0.5, 0.6) is 0 Å². The van der Waals surface area contributed by atoms with Crippen LogP contribution in [0.1, 0.15) is 21.6 Å². The molecular weight excluding hydrogens is 254 g/mol. The molecule has 20 heavy (non-hydrogen) atoms. The Bertz CT molecular complexity index is 793. The molecule has 0 radical (unpaired) electrons. The minimum absolute atomic E-state index is 0.195. The van der Waals surface area contributed by atoms with Crippen molar-refractivity contribution >= 4 is 16.9 Å². The predicted octanol–water partition coefficient (Wildman–Crippen LogP) is 2.49. The van der Waals surface area contributed by atoms with Crippen LogP contribution in [0.4, 0.5) is 0 Å². The van der Waals surface area contributed by atoms with Crippen molar-refractivity contribution in [2.24, 2.45) is 0 Å². The largest absolute Gasteiger partial charge is 0.478 e. The average molecular weight is 267 g/mol. The molecule has 100 valence electrons. The van der Waals surface area contributed by atoms with E-state index in [1.165, 1.54) is 12.4 Å². The first-order valence-corrected chi connectivity index (χ1v) is 6.24. The van der Waals surface area contributed by atoms with Crippen molar-refractivity contribution in [3.63, 3.8) is 0 Å². The van der Waals surface area contributed by atoms with Crippen molar-refractivity contribution in [3.05, 3.63) is 59.5 Å². The molecular formula is C15H13N3O2. The van der Waals surface area contributed by atoms with Crippen LogP contribution in [0.15, 0.2) is 42.7 Å². The summed E-state index contributed by atoms with van der Waals surface area (Å²) in [6, 6.07) is 9.91. The summed E-state index contributed by atoms with van der Waals surface area (Å²) >= 11 is 0. The molecule has 0 saturated carbocycles. The van der Waals surface area contributed by atoms with Gasteiger partial charge in [0.15, 0.2) is 0 Å². The van der Waals surface area contributed by atoms with E-state index in [9.17, 15) is 4.79 Å². The molecule has 0 aliphatic carbocycles. The molecule has 0 bridgehead atoms. The van der Waals surface area contributed by atoms with Gasteiger partial charge in [-0.05, 0) is 24.6 Å². The zero-order valence-electron chi connectivity index (χ0n) is 10.9. The molecule has 3 rings (SSSR count). The number of pyridine rings is 1. The second kappa shape index (κ2) is 4.77. The van der Waals surface area contributed by atoms with Crippen molar-refractivity contribution in [1.82, 2.24) is 14.8 Å². The maximum atomic E-state index is 10.9. The zero-order valence-corrected chi connectivity index (χ0v) is 10.9. The highest BCUT2D eigenvalue weighted by molar-refractivity contribution is 5.87. The first-order valence-electron chi connectivity index (χ1n) is 6.24. The number of hydrogen-bond acceptors (Lipinski definition) is 3. The van der Waals surface area contributed by atoms with Crippen LogP contribution in [0.2, 0.25) is 0 Å². The number of carboxylic acids is 1. The van der Waals surface area contributed by atoms with Crippen LogP contribution in [-0.2, 0) is 6.54 Å². The van der Waals surface area contributed by atoms with Crippen LogP contribution < -0.4 is 0 Å². The number of carboxylic acid groups (broad SMARTS) is 1. The van der Waals surface area contributed by atoms with Gasteiger partial charge in [0.25, 0.3) is 0 Å². The summed E-state index contributed by atoms with van der Waals surface area (Å²) in [6.07, 6.45) is 2.89. The van der Waals surface area contributed by atoms with Gasteiger partial charge in [-0.3, -0.25) is 9.67 Å². The summed E-state index contributed by atoms with van der Waals surface area (Å²) in [5, 5.41) is 14.1. The zero-order chi connectivity index (χ0) is 14.1. The molecule has 0 fully saturated rings. The Labute approximate surface area is 115 Å². The maximum absolute atomic E-state index is 10.9. The number of nitrogens with zero attached hydrogens (tertiary/aromatic N) is 3. The van der Waals surface area contributed by atoms with Gasteiger partial charge < -0.3 is 5.11 Å². The third-order valence-corrected chi connectivity index (χ3v) is 3.14. The summed E-state index contributed by atoms with van der Waals surface area (Å²) in [5.74, 6) is -0.966. The smallest absolute Gasteiger partial charge is 0.338 e. The van der Waals surface area contributed by atoms with Crippen molar-refractivity contribution in [2.75, 3.05) is 0 Å². The number of carbonyl (C=O) groups is 1. The SMILES string of the molecule is Cc1cc(Cn2cc(C(=O)O)cn2)c2ccccc2n1. The van der Waals surface area contributed by atoms with Crippen LogP contribution in [0, 0.1) is 6.92 Å². The molecule has 0 atom stereocenters. The average Bonchev–Trinajstić information content (AvgIpc) is 2.87. The van der Waals surface area contributed by atoms with Gasteiger partial charge in [-0.2, -0.15) is 5.10 Å². The van der Waals surface area contributed by atoms with Gasteiger partial charge in [-0.1, -0.05) is 18.2 Å². The van der Waals surface area contributed by atoms with Gasteiger partial charge >= 0.3 is 5.97 Å². The number of aromatic carboxylic acids is 1. The molecule has 1 aromatic carbocycles. The van der Waals surface area contributed by atoms with Gasteiger partial charge in [-0.15, -0.1) is 0 Å². The van der Waals surface area contributed by atoms with Gasteiger partial charge in [0.2, 0.25) is 0 Å². The second-order valence-corrected chi connectivity index (χ2v) is 4.67. The van der Waals surface area contributed by atoms with E-state index in [2.05, 4.69) is 10.1 Å². The fourth-order valence-electron chi connectivity index (χ4n) is 2.26. The molecule has 0 unspecified atom stereocenters. The van der Waals surface area contributed by atoms with Crippen molar-refractivity contribution in [2.45, 2.75) is 13.5 Å². The van der Waals surface area contributed by atoms with E-state index in [4.69, 9.17) is 5.11 Å². The van der Waals surface area contributed by atoms with E-state index >= 15 is 0 Å². The highest BCUT2D eigenvalue weighted by Crippen LogP contribution is 2.19.